The Morgan fingerprint density at radius 2 is 2.07 bits per heavy atom. The molecule has 0 spiro atoms. The number of thiophene rings is 1. The van der Waals surface area contributed by atoms with Crippen LogP contribution in [0.4, 0.5) is 0 Å². The van der Waals surface area contributed by atoms with Crippen LogP contribution in [0.15, 0.2) is 48.0 Å². The van der Waals surface area contributed by atoms with E-state index in [0.29, 0.717) is 11.3 Å². The van der Waals surface area contributed by atoms with Gasteiger partial charge in [-0.3, -0.25) is 9.48 Å². The summed E-state index contributed by atoms with van der Waals surface area (Å²) in [5, 5.41) is 40.6. The fraction of sp³-hybridized carbons (Fsp3) is 0.176. The summed E-state index contributed by atoms with van der Waals surface area (Å²) in [6, 6.07) is 9.89. The summed E-state index contributed by atoms with van der Waals surface area (Å²) in [4.78, 5) is 24.1. The molecular formula is C17H17BN4O5S. The average Bonchev–Trinajstić information content (AvgIpc) is 3.33. The predicted molar refractivity (Wildman–Crippen MR) is 103 cm³/mol. The van der Waals surface area contributed by atoms with Gasteiger partial charge in [0.05, 0.1) is 30.7 Å². The number of hydrogen-bond donors (Lipinski definition) is 4. The Labute approximate surface area is 164 Å². The quantitative estimate of drug-likeness (QED) is 0.403. The van der Waals surface area contributed by atoms with Gasteiger partial charge in [0.15, 0.2) is 0 Å². The maximum Gasteiger partial charge on any atom is 0.477 e. The summed E-state index contributed by atoms with van der Waals surface area (Å²) in [5.41, 5.74) is 1.12. The molecule has 1 atom stereocenters. The number of carboxylic acids is 1. The Kier molecular flexibility index (Phi) is 6.19. The van der Waals surface area contributed by atoms with E-state index >= 15 is 0 Å². The molecule has 3 aromatic rings. The van der Waals surface area contributed by atoms with Crippen LogP contribution in [0.3, 0.4) is 0 Å². The van der Waals surface area contributed by atoms with Crippen LogP contribution in [0.1, 0.15) is 15.2 Å². The van der Waals surface area contributed by atoms with Gasteiger partial charge in [0.25, 0.3) is 0 Å². The molecule has 1 aromatic carbocycles. The van der Waals surface area contributed by atoms with Crippen molar-refractivity contribution in [2.75, 3.05) is 0 Å². The molecule has 0 bridgehead atoms. The average molecular weight is 400 g/mol. The molecular weight excluding hydrogens is 383 g/mol. The summed E-state index contributed by atoms with van der Waals surface area (Å²) in [7, 11) is -1.78. The van der Waals surface area contributed by atoms with Crippen LogP contribution in [0.2, 0.25) is 0 Å². The van der Waals surface area contributed by atoms with E-state index in [-0.39, 0.29) is 24.4 Å². The van der Waals surface area contributed by atoms with Gasteiger partial charge in [-0.25, -0.2) is 4.79 Å². The molecule has 3 rings (SSSR count). The van der Waals surface area contributed by atoms with E-state index in [2.05, 4.69) is 15.6 Å². The first-order chi connectivity index (χ1) is 13.4. The number of nitrogens with one attached hydrogen (secondary N) is 1. The lowest BCUT2D eigenvalue weighted by atomic mass is 9.79. The third-order valence-electron chi connectivity index (χ3n) is 3.95. The molecule has 28 heavy (non-hydrogen) atoms. The maximum atomic E-state index is 12.1. The van der Waals surface area contributed by atoms with E-state index in [1.807, 2.05) is 17.5 Å². The zero-order chi connectivity index (χ0) is 20.1. The van der Waals surface area contributed by atoms with Crippen molar-refractivity contribution in [2.45, 2.75) is 18.9 Å². The molecule has 0 radical (unpaired) electrons. The maximum absolute atomic E-state index is 12.1. The largest absolute Gasteiger partial charge is 0.478 e. The van der Waals surface area contributed by atoms with Gasteiger partial charge >= 0.3 is 13.1 Å². The van der Waals surface area contributed by atoms with E-state index in [9.17, 15) is 19.6 Å². The minimum Gasteiger partial charge on any atom is -0.478 e. The molecule has 0 saturated carbocycles. The SMILES string of the molecule is O=C(Cc1cccs1)N[C@@H](Cn1cc(-c2cccc(C(=O)O)c2)nn1)B(O)O. The Balaban J connectivity index is 1.68. The lowest BCUT2D eigenvalue weighted by molar-refractivity contribution is -0.120. The lowest BCUT2D eigenvalue weighted by Crippen LogP contribution is -2.49. The van der Waals surface area contributed by atoms with E-state index in [1.165, 1.54) is 28.2 Å². The number of amides is 1. The second-order valence-corrected chi connectivity index (χ2v) is 7.09. The summed E-state index contributed by atoms with van der Waals surface area (Å²) in [6.45, 7) is -0.0144. The van der Waals surface area contributed by atoms with E-state index < -0.39 is 19.0 Å². The van der Waals surface area contributed by atoms with Crippen molar-refractivity contribution in [2.24, 2.45) is 0 Å². The number of carbonyl (C=O) groups excluding carboxylic acids is 1. The Morgan fingerprint density at radius 1 is 1.25 bits per heavy atom. The lowest BCUT2D eigenvalue weighted by Gasteiger charge is -2.17. The molecule has 0 fully saturated rings. The van der Waals surface area contributed by atoms with Gasteiger partial charge in [-0.15, -0.1) is 16.4 Å². The van der Waals surface area contributed by atoms with Gasteiger partial charge in [0.1, 0.15) is 5.69 Å². The van der Waals surface area contributed by atoms with Crippen molar-refractivity contribution in [1.29, 1.82) is 0 Å². The van der Waals surface area contributed by atoms with E-state index in [4.69, 9.17) is 5.11 Å². The highest BCUT2D eigenvalue weighted by atomic mass is 32.1. The third-order valence-corrected chi connectivity index (χ3v) is 4.83. The fourth-order valence-corrected chi connectivity index (χ4v) is 3.28. The number of rotatable bonds is 8. The number of aromatic carboxylic acids is 1. The van der Waals surface area contributed by atoms with Crippen LogP contribution in [-0.2, 0) is 17.8 Å². The monoisotopic (exact) mass is 400 g/mol. The zero-order valence-electron chi connectivity index (χ0n) is 14.6. The smallest absolute Gasteiger partial charge is 0.477 e. The number of benzene rings is 1. The fourth-order valence-electron chi connectivity index (χ4n) is 2.58. The van der Waals surface area contributed by atoms with Crippen molar-refractivity contribution in [1.82, 2.24) is 20.3 Å². The van der Waals surface area contributed by atoms with Crippen LogP contribution >= 0.6 is 11.3 Å². The first-order valence-electron chi connectivity index (χ1n) is 8.34. The Hall–Kier alpha value is -3.02. The molecule has 11 heteroatoms. The molecule has 2 aromatic heterocycles. The molecule has 0 aliphatic carbocycles. The standard InChI is InChI=1S/C17H17BN4O5S/c23-16(8-13-5-2-6-28-13)19-15(18(26)27)10-22-9-14(20-21-22)11-3-1-4-12(7-11)17(24)25/h1-7,9,15,26-27H,8,10H2,(H,19,23)(H,24,25)/t15-/m0/s1. The van der Waals surface area contributed by atoms with Crippen molar-refractivity contribution >= 4 is 30.3 Å². The normalized spacial score (nSPS) is 11.8. The van der Waals surface area contributed by atoms with Crippen molar-refractivity contribution in [3.05, 3.63) is 58.4 Å². The minimum atomic E-state index is -1.78. The molecule has 0 unspecified atom stereocenters. The number of aromatic nitrogens is 3. The van der Waals surface area contributed by atoms with Gasteiger partial charge in [-0.05, 0) is 23.6 Å². The molecule has 0 aliphatic heterocycles. The third kappa shape index (κ3) is 5.03. The van der Waals surface area contributed by atoms with Gasteiger partial charge in [0, 0.05) is 10.4 Å². The predicted octanol–water partition coefficient (Wildman–Crippen LogP) is 0.444. The van der Waals surface area contributed by atoms with Crippen LogP contribution in [-0.4, -0.2) is 55.1 Å². The van der Waals surface area contributed by atoms with Gasteiger partial charge in [-0.1, -0.05) is 23.4 Å². The molecule has 2 heterocycles. The highest BCUT2D eigenvalue weighted by Crippen LogP contribution is 2.18. The molecule has 0 aliphatic rings. The second-order valence-electron chi connectivity index (χ2n) is 6.06. The first kappa shape index (κ1) is 19.7. The van der Waals surface area contributed by atoms with Crippen molar-refractivity contribution < 1.29 is 24.7 Å². The van der Waals surface area contributed by atoms with Gasteiger partial charge in [-0.2, -0.15) is 0 Å². The summed E-state index contributed by atoms with van der Waals surface area (Å²) in [6.07, 6.45) is 1.69. The molecule has 1 amide bonds. The van der Waals surface area contributed by atoms with Crippen LogP contribution in [0, 0.1) is 0 Å². The van der Waals surface area contributed by atoms with Crippen LogP contribution < -0.4 is 5.32 Å². The van der Waals surface area contributed by atoms with Crippen LogP contribution in [0.25, 0.3) is 11.3 Å². The molecule has 144 valence electrons. The minimum absolute atomic E-state index is 0.0144. The molecule has 4 N–H and O–H groups in total. The zero-order valence-corrected chi connectivity index (χ0v) is 15.4. The van der Waals surface area contributed by atoms with Crippen LogP contribution in [0.5, 0.6) is 0 Å². The molecule has 9 nitrogen and oxygen atoms in total. The van der Waals surface area contributed by atoms with E-state index in [1.54, 1.807) is 18.3 Å². The van der Waals surface area contributed by atoms with E-state index in [0.717, 1.165) is 4.88 Å². The van der Waals surface area contributed by atoms with Gasteiger partial charge < -0.3 is 20.5 Å². The summed E-state index contributed by atoms with van der Waals surface area (Å²) in [5.74, 6) is -2.37. The number of nitrogens with zero attached hydrogens (tertiary/aromatic N) is 3. The number of carbonyl (C=O) groups is 2. The van der Waals surface area contributed by atoms with Crippen molar-refractivity contribution in [3.8, 4) is 11.3 Å². The van der Waals surface area contributed by atoms with Crippen molar-refractivity contribution in [3.63, 3.8) is 0 Å². The number of hydrogen-bond acceptors (Lipinski definition) is 7. The Morgan fingerprint density at radius 3 is 2.75 bits per heavy atom. The second kappa shape index (κ2) is 8.78. The number of carboxylic acid groups (broad SMARTS) is 1. The highest BCUT2D eigenvalue weighted by Gasteiger charge is 2.26. The Bertz CT molecular complexity index is 960. The summed E-state index contributed by atoms with van der Waals surface area (Å²) < 4.78 is 1.36. The topological polar surface area (TPSA) is 138 Å². The molecule has 0 saturated heterocycles. The highest BCUT2D eigenvalue weighted by molar-refractivity contribution is 7.10. The van der Waals surface area contributed by atoms with Gasteiger partial charge in [0.2, 0.25) is 5.91 Å². The summed E-state index contributed by atoms with van der Waals surface area (Å²) >= 11 is 1.44. The first-order valence-corrected chi connectivity index (χ1v) is 9.22.